The van der Waals surface area contributed by atoms with Gasteiger partial charge in [-0.3, -0.25) is 9.98 Å². The van der Waals surface area contributed by atoms with Crippen molar-refractivity contribution in [1.82, 2.24) is 9.66 Å². The molecule has 0 aliphatic carbocycles. The molecule has 0 saturated carbocycles. The first-order chi connectivity index (χ1) is 6.19. The van der Waals surface area contributed by atoms with E-state index in [9.17, 15) is 0 Å². The van der Waals surface area contributed by atoms with Crippen molar-refractivity contribution in [3.63, 3.8) is 0 Å². The molecule has 0 amide bonds. The van der Waals surface area contributed by atoms with Gasteiger partial charge in [0.05, 0.1) is 18.1 Å². The van der Waals surface area contributed by atoms with Crippen LogP contribution in [0.2, 0.25) is 0 Å². The quantitative estimate of drug-likeness (QED) is 0.728. The van der Waals surface area contributed by atoms with Gasteiger partial charge in [0.1, 0.15) is 0 Å². The number of rotatable bonds is 2. The normalized spacial score (nSPS) is 12.2. The van der Waals surface area contributed by atoms with Crippen molar-refractivity contribution in [2.75, 3.05) is 19.5 Å². The summed E-state index contributed by atoms with van der Waals surface area (Å²) in [7, 11) is 3.61. The van der Waals surface area contributed by atoms with E-state index in [1.165, 1.54) is 0 Å². The molecule has 0 bridgehead atoms. The van der Waals surface area contributed by atoms with Crippen molar-refractivity contribution in [2.24, 2.45) is 4.99 Å². The van der Waals surface area contributed by atoms with Gasteiger partial charge in [-0.15, -0.1) is 0 Å². The Morgan fingerprint density at radius 1 is 1.54 bits per heavy atom. The molecule has 0 aliphatic heterocycles. The smallest absolute Gasteiger partial charge is 0.164 e. The number of nitrogens with one attached hydrogen (secondary N) is 1. The van der Waals surface area contributed by atoms with Crippen LogP contribution in [0.1, 0.15) is 25.5 Å². The molecular formula is C9H16N4. The van der Waals surface area contributed by atoms with Crippen LogP contribution in [0.5, 0.6) is 0 Å². The summed E-state index contributed by atoms with van der Waals surface area (Å²) < 4.78 is 1.86. The maximum atomic E-state index is 4.30. The number of nitrogens with zero attached hydrogens (tertiary/aromatic N) is 3. The molecule has 1 rings (SSSR count). The van der Waals surface area contributed by atoms with Crippen molar-refractivity contribution in [1.29, 1.82) is 0 Å². The molecule has 0 spiro atoms. The Kier molecular flexibility index (Phi) is 3.06. The predicted molar refractivity (Wildman–Crippen MR) is 53.1 cm³/mol. The number of hydrogen-bond acceptors (Lipinski definition) is 3. The monoisotopic (exact) mass is 180 g/mol. The van der Waals surface area contributed by atoms with Gasteiger partial charge in [-0.2, -0.15) is 0 Å². The Bertz CT molecular complexity index is 338. The fraction of sp³-hybridized carbons (Fsp3) is 0.556. The van der Waals surface area contributed by atoms with E-state index < -0.39 is 0 Å². The second-order valence-corrected chi connectivity index (χ2v) is 3.14. The topological polar surface area (TPSA) is 42.2 Å². The Morgan fingerprint density at radius 2 is 2.23 bits per heavy atom. The summed E-state index contributed by atoms with van der Waals surface area (Å²) >= 11 is 0. The van der Waals surface area contributed by atoms with Crippen LogP contribution in [0.3, 0.4) is 0 Å². The molecule has 0 saturated heterocycles. The highest BCUT2D eigenvalue weighted by molar-refractivity contribution is 5.02. The summed E-state index contributed by atoms with van der Waals surface area (Å²) in [6, 6.07) is 0. The van der Waals surface area contributed by atoms with Crippen molar-refractivity contribution < 1.29 is 0 Å². The number of aromatic nitrogens is 2. The summed E-state index contributed by atoms with van der Waals surface area (Å²) in [6.45, 7) is 4.23. The third-order valence-electron chi connectivity index (χ3n) is 1.90. The summed E-state index contributed by atoms with van der Waals surface area (Å²) in [5.41, 5.74) is 4.91. The van der Waals surface area contributed by atoms with E-state index in [4.69, 9.17) is 0 Å². The molecule has 13 heavy (non-hydrogen) atoms. The lowest BCUT2D eigenvalue weighted by Gasteiger charge is -2.09. The van der Waals surface area contributed by atoms with Gasteiger partial charge in [0.25, 0.3) is 0 Å². The van der Waals surface area contributed by atoms with Crippen LogP contribution < -0.4 is 10.9 Å². The van der Waals surface area contributed by atoms with Gasteiger partial charge in [0.2, 0.25) is 0 Å². The molecule has 0 aliphatic rings. The zero-order valence-electron chi connectivity index (χ0n) is 8.57. The van der Waals surface area contributed by atoms with Crippen molar-refractivity contribution in [3.05, 3.63) is 23.6 Å². The van der Waals surface area contributed by atoms with Crippen LogP contribution in [-0.4, -0.2) is 23.8 Å². The van der Waals surface area contributed by atoms with E-state index in [1.54, 1.807) is 13.2 Å². The van der Waals surface area contributed by atoms with E-state index in [0.717, 1.165) is 11.2 Å². The Morgan fingerprint density at radius 3 is 2.69 bits per heavy atom. The van der Waals surface area contributed by atoms with Gasteiger partial charge in [-0.05, 0) is 5.92 Å². The maximum absolute atomic E-state index is 4.30. The molecule has 1 aromatic rings. The second kappa shape index (κ2) is 4.07. The predicted octanol–water partition coefficient (Wildman–Crippen LogP) is 0.710. The first-order valence-corrected chi connectivity index (χ1v) is 4.38. The van der Waals surface area contributed by atoms with Crippen molar-refractivity contribution in [3.8, 4) is 0 Å². The van der Waals surface area contributed by atoms with Gasteiger partial charge in [0.15, 0.2) is 5.49 Å². The molecule has 4 heteroatoms. The Labute approximate surface area is 78.3 Å². The van der Waals surface area contributed by atoms with Gasteiger partial charge >= 0.3 is 0 Å². The first kappa shape index (κ1) is 9.77. The van der Waals surface area contributed by atoms with Gasteiger partial charge < -0.3 is 5.43 Å². The van der Waals surface area contributed by atoms with E-state index >= 15 is 0 Å². The van der Waals surface area contributed by atoms with Crippen molar-refractivity contribution in [2.45, 2.75) is 19.8 Å². The second-order valence-electron chi connectivity index (χ2n) is 3.14. The zero-order chi connectivity index (χ0) is 9.84. The maximum Gasteiger partial charge on any atom is 0.164 e. The van der Waals surface area contributed by atoms with Crippen LogP contribution >= 0.6 is 0 Å². The van der Waals surface area contributed by atoms with Gasteiger partial charge in [-0.1, -0.05) is 13.8 Å². The first-order valence-electron chi connectivity index (χ1n) is 4.38. The van der Waals surface area contributed by atoms with Crippen LogP contribution in [0, 0.1) is 0 Å². The third kappa shape index (κ3) is 2.08. The van der Waals surface area contributed by atoms with Crippen LogP contribution in [0.4, 0.5) is 0 Å². The minimum absolute atomic E-state index is 0.436. The molecule has 72 valence electrons. The molecular weight excluding hydrogens is 164 g/mol. The Hall–Kier alpha value is -1.32. The number of hydrogen-bond donors (Lipinski definition) is 1. The molecule has 0 radical (unpaired) electrons. The zero-order valence-corrected chi connectivity index (χ0v) is 8.57. The van der Waals surface area contributed by atoms with Crippen LogP contribution in [0.15, 0.2) is 17.4 Å². The minimum atomic E-state index is 0.436. The van der Waals surface area contributed by atoms with E-state index in [-0.39, 0.29) is 0 Å². The largest absolute Gasteiger partial charge is 0.327 e. The third-order valence-corrected chi connectivity index (χ3v) is 1.90. The lowest BCUT2D eigenvalue weighted by atomic mass is 10.1. The minimum Gasteiger partial charge on any atom is -0.327 e. The molecule has 1 heterocycles. The van der Waals surface area contributed by atoms with Crippen molar-refractivity contribution >= 4 is 0 Å². The molecule has 1 N–H and O–H groups in total. The summed E-state index contributed by atoms with van der Waals surface area (Å²) in [5, 5.41) is 0. The fourth-order valence-corrected chi connectivity index (χ4v) is 1.07. The van der Waals surface area contributed by atoms with Crippen LogP contribution in [-0.2, 0) is 0 Å². The lowest BCUT2D eigenvalue weighted by molar-refractivity contribution is 0.746. The summed E-state index contributed by atoms with van der Waals surface area (Å²) in [6.07, 6.45) is 3.73. The highest BCUT2D eigenvalue weighted by Gasteiger charge is 2.01. The summed E-state index contributed by atoms with van der Waals surface area (Å²) in [5.74, 6) is 0.436. The molecule has 0 aromatic carbocycles. The molecule has 0 unspecified atom stereocenters. The van der Waals surface area contributed by atoms with Crippen LogP contribution in [0.25, 0.3) is 0 Å². The average molecular weight is 180 g/mol. The van der Waals surface area contributed by atoms with E-state index in [0.29, 0.717) is 5.92 Å². The SMILES string of the molecule is C/N=c1/cnc(C(C)C)cn1NC. The highest BCUT2D eigenvalue weighted by atomic mass is 15.4. The lowest BCUT2D eigenvalue weighted by Crippen LogP contribution is -2.28. The standard InChI is InChI=1S/C9H16N4/c1-7(2)8-6-13(11-4)9(10-3)5-12-8/h5-7,11H,1-4H3/b10-9-. The van der Waals surface area contributed by atoms with E-state index in [1.807, 2.05) is 17.9 Å². The summed E-state index contributed by atoms with van der Waals surface area (Å²) in [4.78, 5) is 8.38. The average Bonchev–Trinajstić information content (AvgIpc) is 2.16. The highest BCUT2D eigenvalue weighted by Crippen LogP contribution is 2.07. The fourth-order valence-electron chi connectivity index (χ4n) is 1.07. The molecule has 0 fully saturated rings. The molecule has 0 atom stereocenters. The Balaban J connectivity index is 3.22. The van der Waals surface area contributed by atoms with E-state index in [2.05, 4.69) is 29.2 Å². The van der Waals surface area contributed by atoms with Gasteiger partial charge in [0, 0.05) is 14.1 Å². The molecule has 1 aromatic heterocycles. The molecule has 4 nitrogen and oxygen atoms in total. The van der Waals surface area contributed by atoms with Gasteiger partial charge in [-0.25, -0.2) is 4.68 Å².